The number of rotatable bonds is 6. The second-order valence-corrected chi connectivity index (χ2v) is 6.89. The van der Waals surface area contributed by atoms with E-state index >= 15 is 0 Å². The average Bonchev–Trinajstić information content (AvgIpc) is 2.77. The van der Waals surface area contributed by atoms with Crippen LogP contribution in [0.4, 0.5) is 4.39 Å². The Hall–Kier alpha value is -3.87. The van der Waals surface area contributed by atoms with Gasteiger partial charge in [0.25, 0.3) is 5.56 Å². The highest BCUT2D eigenvalue weighted by Crippen LogP contribution is 2.16. The molecule has 0 aliphatic rings. The molecule has 0 unspecified atom stereocenters. The first-order chi connectivity index (χ1) is 14.6. The highest BCUT2D eigenvalue weighted by atomic mass is 19.1. The topological polar surface area (TPSA) is 76.9 Å². The number of hydrogen-bond acceptors (Lipinski definition) is 4. The van der Waals surface area contributed by atoms with Gasteiger partial charge in [0.05, 0.1) is 11.1 Å². The number of halogens is 1. The highest BCUT2D eigenvalue weighted by Gasteiger charge is 2.13. The molecule has 4 rings (SSSR count). The largest absolute Gasteiger partial charge is 0.350 e. The van der Waals surface area contributed by atoms with E-state index in [0.717, 1.165) is 16.5 Å². The van der Waals surface area contributed by atoms with Gasteiger partial charge in [-0.2, -0.15) is 5.10 Å². The van der Waals surface area contributed by atoms with Gasteiger partial charge in [0.1, 0.15) is 12.4 Å². The fraction of sp³-hybridized carbons (Fsp3) is 0.130. The van der Waals surface area contributed by atoms with Crippen LogP contribution in [-0.2, 0) is 24.3 Å². The molecule has 7 heteroatoms. The Morgan fingerprint density at radius 1 is 0.933 bits per heavy atom. The van der Waals surface area contributed by atoms with Crippen molar-refractivity contribution in [1.29, 1.82) is 0 Å². The van der Waals surface area contributed by atoms with E-state index in [9.17, 15) is 14.0 Å². The van der Waals surface area contributed by atoms with E-state index in [2.05, 4.69) is 15.4 Å². The molecule has 0 aliphatic heterocycles. The van der Waals surface area contributed by atoms with Gasteiger partial charge in [0.15, 0.2) is 0 Å². The maximum atomic E-state index is 13.0. The predicted molar refractivity (Wildman–Crippen MR) is 111 cm³/mol. The summed E-state index contributed by atoms with van der Waals surface area (Å²) in [4.78, 5) is 29.3. The number of pyridine rings is 1. The van der Waals surface area contributed by atoms with Crippen molar-refractivity contribution in [2.24, 2.45) is 0 Å². The Bertz CT molecular complexity index is 1240. The Morgan fingerprint density at radius 3 is 2.37 bits per heavy atom. The molecule has 30 heavy (non-hydrogen) atoms. The number of aromatic nitrogens is 3. The van der Waals surface area contributed by atoms with Gasteiger partial charge in [-0.05, 0) is 41.5 Å². The van der Waals surface area contributed by atoms with Gasteiger partial charge in [-0.1, -0.05) is 30.3 Å². The van der Waals surface area contributed by atoms with Gasteiger partial charge >= 0.3 is 0 Å². The molecular weight excluding hydrogens is 383 g/mol. The van der Waals surface area contributed by atoms with Crippen LogP contribution in [0, 0.1) is 5.82 Å². The number of carbonyl (C=O) groups is 1. The zero-order valence-electron chi connectivity index (χ0n) is 16.1. The predicted octanol–water partition coefficient (Wildman–Crippen LogP) is 2.84. The zero-order chi connectivity index (χ0) is 20.9. The lowest BCUT2D eigenvalue weighted by atomic mass is 10.1. The third-order valence-corrected chi connectivity index (χ3v) is 4.76. The first-order valence-electron chi connectivity index (χ1n) is 9.49. The van der Waals surface area contributed by atoms with Crippen molar-refractivity contribution in [3.05, 3.63) is 106 Å². The number of nitrogens with one attached hydrogen (secondary N) is 1. The summed E-state index contributed by atoms with van der Waals surface area (Å²) in [5.74, 6) is -0.683. The van der Waals surface area contributed by atoms with Gasteiger partial charge in [-0.15, -0.1) is 0 Å². The molecule has 150 valence electrons. The van der Waals surface area contributed by atoms with Crippen LogP contribution >= 0.6 is 0 Å². The average molecular weight is 402 g/mol. The number of nitrogens with zero attached hydrogens (tertiary/aromatic N) is 3. The number of amides is 1. The second-order valence-electron chi connectivity index (χ2n) is 6.89. The molecule has 0 atom stereocenters. The summed E-state index contributed by atoms with van der Waals surface area (Å²) in [5.41, 5.74) is 2.17. The fourth-order valence-electron chi connectivity index (χ4n) is 3.23. The van der Waals surface area contributed by atoms with E-state index in [1.165, 1.54) is 16.8 Å². The van der Waals surface area contributed by atoms with E-state index in [1.807, 2.05) is 24.3 Å². The summed E-state index contributed by atoms with van der Waals surface area (Å²) >= 11 is 0. The molecule has 0 fully saturated rings. The maximum absolute atomic E-state index is 13.0. The molecule has 2 aromatic heterocycles. The minimum absolute atomic E-state index is 0.200. The third kappa shape index (κ3) is 4.41. The molecule has 2 aromatic carbocycles. The molecule has 0 saturated carbocycles. The minimum atomic E-state index is -0.348. The minimum Gasteiger partial charge on any atom is -0.350 e. The van der Waals surface area contributed by atoms with E-state index in [1.54, 1.807) is 36.7 Å². The summed E-state index contributed by atoms with van der Waals surface area (Å²) in [6.45, 7) is 0.0412. The Labute approximate surface area is 172 Å². The normalized spacial score (nSPS) is 10.8. The Balaban J connectivity index is 1.58. The summed E-state index contributed by atoms with van der Waals surface area (Å²) < 4.78 is 14.2. The van der Waals surface area contributed by atoms with Crippen molar-refractivity contribution in [3.63, 3.8) is 0 Å². The fourth-order valence-corrected chi connectivity index (χ4v) is 3.23. The standard InChI is InChI=1S/C23H19FN4O2/c24-18-7-5-17(6-8-18)14-26-22(29)15-28-23(30)20-4-2-1-3-19(20)21(27-28)13-16-9-11-25-12-10-16/h1-12H,13-15H2,(H,26,29). The van der Waals surface area contributed by atoms with Gasteiger partial charge in [-0.25, -0.2) is 9.07 Å². The van der Waals surface area contributed by atoms with Gasteiger partial charge in [0.2, 0.25) is 5.91 Å². The van der Waals surface area contributed by atoms with Gasteiger partial charge in [0, 0.05) is 30.7 Å². The molecule has 0 saturated heterocycles. The van der Waals surface area contributed by atoms with E-state index in [0.29, 0.717) is 17.5 Å². The van der Waals surface area contributed by atoms with Crippen LogP contribution in [0.25, 0.3) is 10.8 Å². The molecule has 6 nitrogen and oxygen atoms in total. The van der Waals surface area contributed by atoms with Crippen LogP contribution in [0.1, 0.15) is 16.8 Å². The summed E-state index contributed by atoms with van der Waals surface area (Å²) in [6, 6.07) is 16.9. The number of hydrogen-bond donors (Lipinski definition) is 1. The molecule has 0 aliphatic carbocycles. The van der Waals surface area contributed by atoms with Crippen LogP contribution in [0.15, 0.2) is 77.9 Å². The van der Waals surface area contributed by atoms with Crippen LogP contribution in [0.2, 0.25) is 0 Å². The number of benzene rings is 2. The van der Waals surface area contributed by atoms with Crippen molar-refractivity contribution < 1.29 is 9.18 Å². The maximum Gasteiger partial charge on any atom is 0.275 e. The second kappa shape index (κ2) is 8.65. The molecule has 1 N–H and O–H groups in total. The lowest BCUT2D eigenvalue weighted by Gasteiger charge is -2.11. The summed E-state index contributed by atoms with van der Waals surface area (Å²) in [5, 5.41) is 8.50. The highest BCUT2D eigenvalue weighted by molar-refractivity contribution is 5.84. The summed E-state index contributed by atoms with van der Waals surface area (Å²) in [6.07, 6.45) is 3.92. The quantitative estimate of drug-likeness (QED) is 0.538. The molecule has 0 bridgehead atoms. The lowest BCUT2D eigenvalue weighted by Crippen LogP contribution is -2.34. The Morgan fingerprint density at radius 2 is 1.63 bits per heavy atom. The number of fused-ring (bicyclic) bond motifs is 1. The van der Waals surface area contributed by atoms with E-state index < -0.39 is 0 Å². The van der Waals surface area contributed by atoms with Crippen LogP contribution in [0.5, 0.6) is 0 Å². The van der Waals surface area contributed by atoms with E-state index in [-0.39, 0.29) is 30.4 Å². The van der Waals surface area contributed by atoms with Crippen molar-refractivity contribution in [2.45, 2.75) is 19.5 Å². The van der Waals surface area contributed by atoms with Gasteiger partial charge < -0.3 is 5.32 Å². The van der Waals surface area contributed by atoms with Crippen LogP contribution < -0.4 is 10.9 Å². The molecule has 0 radical (unpaired) electrons. The summed E-state index contributed by atoms with van der Waals surface area (Å²) in [7, 11) is 0. The first kappa shape index (κ1) is 19.4. The smallest absolute Gasteiger partial charge is 0.275 e. The van der Waals surface area contributed by atoms with Crippen molar-refractivity contribution in [3.8, 4) is 0 Å². The van der Waals surface area contributed by atoms with Crippen molar-refractivity contribution in [2.75, 3.05) is 0 Å². The molecular formula is C23H19FN4O2. The molecule has 0 spiro atoms. The van der Waals surface area contributed by atoms with Crippen LogP contribution in [0.3, 0.4) is 0 Å². The monoisotopic (exact) mass is 402 g/mol. The number of carbonyl (C=O) groups excluding carboxylic acids is 1. The third-order valence-electron chi connectivity index (χ3n) is 4.76. The van der Waals surface area contributed by atoms with Crippen LogP contribution in [-0.4, -0.2) is 20.7 Å². The van der Waals surface area contributed by atoms with Crippen molar-refractivity contribution >= 4 is 16.7 Å². The lowest BCUT2D eigenvalue weighted by molar-refractivity contribution is -0.122. The first-order valence-corrected chi connectivity index (χ1v) is 9.49. The van der Waals surface area contributed by atoms with Gasteiger partial charge in [-0.3, -0.25) is 14.6 Å². The molecule has 1 amide bonds. The molecule has 2 heterocycles. The van der Waals surface area contributed by atoms with E-state index in [4.69, 9.17) is 0 Å². The Kier molecular flexibility index (Phi) is 5.61. The SMILES string of the molecule is O=C(Cn1nc(Cc2ccncc2)c2ccccc2c1=O)NCc1ccc(F)cc1. The zero-order valence-corrected chi connectivity index (χ0v) is 16.1. The van der Waals surface area contributed by atoms with Crippen molar-refractivity contribution in [1.82, 2.24) is 20.1 Å². The molecule has 4 aromatic rings.